The zero-order valence-corrected chi connectivity index (χ0v) is 16.9. The first-order valence-electron chi connectivity index (χ1n) is 9.94. The molecule has 0 amide bonds. The number of morpholine rings is 1. The van der Waals surface area contributed by atoms with Gasteiger partial charge in [-0.2, -0.15) is 5.10 Å². The molecule has 5 rings (SSSR count). The Balaban J connectivity index is 1.81. The van der Waals surface area contributed by atoms with E-state index in [2.05, 4.69) is 59.3 Å². The van der Waals surface area contributed by atoms with Crippen molar-refractivity contribution in [2.75, 3.05) is 24.7 Å². The second-order valence-electron chi connectivity index (χ2n) is 7.60. The zero-order valence-electron chi connectivity index (χ0n) is 16.9. The lowest BCUT2D eigenvalue weighted by Gasteiger charge is -2.34. The van der Waals surface area contributed by atoms with Crippen LogP contribution in [0.4, 0.5) is 5.82 Å². The average molecular weight is 388 g/mol. The number of fused-ring (bicyclic) bond motifs is 1. The highest BCUT2D eigenvalue weighted by Crippen LogP contribution is 2.34. The third-order valence-corrected chi connectivity index (χ3v) is 5.60. The van der Waals surface area contributed by atoms with Crippen molar-refractivity contribution in [3.63, 3.8) is 0 Å². The number of imidazole rings is 1. The highest BCUT2D eigenvalue weighted by Gasteiger charge is 2.24. The molecule has 148 valence electrons. The molecule has 0 aliphatic carbocycles. The van der Waals surface area contributed by atoms with Crippen LogP contribution >= 0.6 is 0 Å². The molecule has 3 aromatic heterocycles. The molecule has 1 saturated heterocycles. The van der Waals surface area contributed by atoms with E-state index in [-0.39, 0.29) is 6.04 Å². The van der Waals surface area contributed by atoms with E-state index in [4.69, 9.17) is 14.8 Å². The number of benzene rings is 1. The van der Waals surface area contributed by atoms with Crippen LogP contribution in [0, 0.1) is 13.8 Å². The number of H-pyrrole nitrogens is 1. The number of nitrogens with zero attached hydrogens (tertiary/aromatic N) is 5. The normalized spacial score (nSPS) is 17.2. The first-order chi connectivity index (χ1) is 14.1. The largest absolute Gasteiger partial charge is 0.377 e. The summed E-state index contributed by atoms with van der Waals surface area (Å²) in [4.78, 5) is 7.16. The predicted molar refractivity (Wildman–Crippen MR) is 113 cm³/mol. The molecule has 1 atom stereocenters. The summed E-state index contributed by atoms with van der Waals surface area (Å²) in [6.45, 7) is 8.59. The minimum atomic E-state index is 0.263. The Hall–Kier alpha value is -3.19. The molecule has 1 N–H and O–H groups in total. The Labute approximate surface area is 169 Å². The van der Waals surface area contributed by atoms with Gasteiger partial charge in [0.2, 0.25) is 0 Å². The molecule has 0 spiro atoms. The number of anilines is 1. The SMILES string of the molecule is Cc1ccccc1-c1cc(N2CCOCC2C)nn2c(-c3ccn[nH]3)nc(C)c12. The van der Waals surface area contributed by atoms with E-state index < -0.39 is 0 Å². The number of hydrogen-bond acceptors (Lipinski definition) is 5. The number of hydrogen-bond donors (Lipinski definition) is 1. The van der Waals surface area contributed by atoms with Gasteiger partial charge in [0.15, 0.2) is 11.6 Å². The molecule has 1 aliphatic heterocycles. The summed E-state index contributed by atoms with van der Waals surface area (Å²) in [7, 11) is 0. The molecule has 1 unspecified atom stereocenters. The maximum absolute atomic E-state index is 5.64. The van der Waals surface area contributed by atoms with Crippen molar-refractivity contribution < 1.29 is 4.74 Å². The molecule has 4 heterocycles. The topological polar surface area (TPSA) is 71.3 Å². The lowest BCUT2D eigenvalue weighted by molar-refractivity contribution is 0.0984. The van der Waals surface area contributed by atoms with Crippen LogP contribution in [-0.2, 0) is 4.74 Å². The lowest BCUT2D eigenvalue weighted by atomic mass is 10.00. The molecule has 7 nitrogen and oxygen atoms in total. The number of aromatic amines is 1. The smallest absolute Gasteiger partial charge is 0.179 e. The van der Waals surface area contributed by atoms with Crippen molar-refractivity contribution in [1.82, 2.24) is 24.8 Å². The highest BCUT2D eigenvalue weighted by molar-refractivity contribution is 5.86. The summed E-state index contributed by atoms with van der Waals surface area (Å²) in [5.41, 5.74) is 6.38. The van der Waals surface area contributed by atoms with E-state index in [1.165, 1.54) is 11.1 Å². The third kappa shape index (κ3) is 2.98. The van der Waals surface area contributed by atoms with E-state index in [0.717, 1.165) is 40.7 Å². The predicted octanol–water partition coefficient (Wildman–Crippen LogP) is 3.63. The molecule has 1 aliphatic rings. The van der Waals surface area contributed by atoms with Crippen LogP contribution in [0.2, 0.25) is 0 Å². The summed E-state index contributed by atoms with van der Waals surface area (Å²) >= 11 is 0. The standard InChI is InChI=1S/C22H24N6O/c1-14-6-4-5-7-17(14)18-12-20(27-10-11-29-13-15(27)2)26-28-21(18)16(3)24-22(28)19-8-9-23-25-19/h4-9,12,15H,10-11,13H2,1-3H3,(H,23,25). The molecular weight excluding hydrogens is 364 g/mol. The van der Waals surface area contributed by atoms with E-state index in [1.54, 1.807) is 6.20 Å². The van der Waals surface area contributed by atoms with Crippen molar-refractivity contribution in [1.29, 1.82) is 0 Å². The maximum Gasteiger partial charge on any atom is 0.179 e. The fraction of sp³-hybridized carbons (Fsp3) is 0.318. The van der Waals surface area contributed by atoms with Gasteiger partial charge in [-0.05, 0) is 44.0 Å². The number of aryl methyl sites for hydroxylation is 2. The molecule has 1 aromatic carbocycles. The van der Waals surface area contributed by atoms with Crippen LogP contribution in [0.5, 0.6) is 0 Å². The van der Waals surface area contributed by atoms with Gasteiger partial charge in [-0.1, -0.05) is 24.3 Å². The summed E-state index contributed by atoms with van der Waals surface area (Å²) in [6.07, 6.45) is 1.74. The third-order valence-electron chi connectivity index (χ3n) is 5.60. The minimum absolute atomic E-state index is 0.263. The van der Waals surface area contributed by atoms with E-state index in [0.29, 0.717) is 13.2 Å². The monoisotopic (exact) mass is 388 g/mol. The Morgan fingerprint density at radius 2 is 2.00 bits per heavy atom. The second-order valence-corrected chi connectivity index (χ2v) is 7.60. The van der Waals surface area contributed by atoms with Crippen molar-refractivity contribution in [3.8, 4) is 22.6 Å². The first kappa shape index (κ1) is 17.9. The van der Waals surface area contributed by atoms with Crippen LogP contribution in [0.15, 0.2) is 42.6 Å². The molecule has 4 aromatic rings. The molecule has 0 saturated carbocycles. The number of aromatic nitrogens is 5. The number of nitrogens with one attached hydrogen (secondary N) is 1. The van der Waals surface area contributed by atoms with Gasteiger partial charge in [-0.15, -0.1) is 5.10 Å². The second kappa shape index (κ2) is 7.00. The Kier molecular flexibility index (Phi) is 4.32. The van der Waals surface area contributed by atoms with Crippen LogP contribution in [0.3, 0.4) is 0 Å². The Morgan fingerprint density at radius 3 is 2.76 bits per heavy atom. The quantitative estimate of drug-likeness (QED) is 0.580. The van der Waals surface area contributed by atoms with Gasteiger partial charge in [-0.3, -0.25) is 5.10 Å². The summed E-state index contributed by atoms with van der Waals surface area (Å²) < 4.78 is 7.60. The van der Waals surface area contributed by atoms with Crippen LogP contribution < -0.4 is 4.90 Å². The van der Waals surface area contributed by atoms with Gasteiger partial charge >= 0.3 is 0 Å². The first-order valence-corrected chi connectivity index (χ1v) is 9.94. The average Bonchev–Trinajstić information content (AvgIpc) is 3.36. The van der Waals surface area contributed by atoms with Gasteiger partial charge in [0.25, 0.3) is 0 Å². The molecule has 0 bridgehead atoms. The van der Waals surface area contributed by atoms with Crippen molar-refractivity contribution in [2.24, 2.45) is 0 Å². The van der Waals surface area contributed by atoms with Gasteiger partial charge < -0.3 is 9.64 Å². The summed E-state index contributed by atoms with van der Waals surface area (Å²) in [5.74, 6) is 1.71. The van der Waals surface area contributed by atoms with Crippen LogP contribution in [-0.4, -0.2) is 50.6 Å². The van der Waals surface area contributed by atoms with Crippen molar-refractivity contribution >= 4 is 11.3 Å². The fourth-order valence-corrected chi connectivity index (χ4v) is 4.10. The fourth-order valence-electron chi connectivity index (χ4n) is 4.10. The zero-order chi connectivity index (χ0) is 20.0. The Bertz CT molecular complexity index is 1160. The van der Waals surface area contributed by atoms with E-state index in [1.807, 2.05) is 17.5 Å². The summed E-state index contributed by atoms with van der Waals surface area (Å²) in [5, 5.41) is 12.1. The van der Waals surface area contributed by atoms with Gasteiger partial charge in [0.05, 0.1) is 30.5 Å². The molecule has 0 radical (unpaired) electrons. The van der Waals surface area contributed by atoms with E-state index in [9.17, 15) is 0 Å². The van der Waals surface area contributed by atoms with Gasteiger partial charge in [0.1, 0.15) is 5.69 Å². The van der Waals surface area contributed by atoms with Gasteiger partial charge in [0, 0.05) is 18.3 Å². The van der Waals surface area contributed by atoms with Crippen LogP contribution in [0.1, 0.15) is 18.2 Å². The van der Waals surface area contributed by atoms with Crippen molar-refractivity contribution in [3.05, 3.63) is 53.9 Å². The molecule has 29 heavy (non-hydrogen) atoms. The molecular formula is C22H24N6O. The highest BCUT2D eigenvalue weighted by atomic mass is 16.5. The minimum Gasteiger partial charge on any atom is -0.377 e. The van der Waals surface area contributed by atoms with E-state index >= 15 is 0 Å². The number of ether oxygens (including phenoxy) is 1. The number of rotatable bonds is 3. The Morgan fingerprint density at radius 1 is 1.14 bits per heavy atom. The molecule has 7 heteroatoms. The van der Waals surface area contributed by atoms with Crippen LogP contribution in [0.25, 0.3) is 28.2 Å². The maximum atomic E-state index is 5.64. The van der Waals surface area contributed by atoms with Gasteiger partial charge in [-0.25, -0.2) is 9.50 Å². The van der Waals surface area contributed by atoms with Crippen molar-refractivity contribution in [2.45, 2.75) is 26.8 Å². The molecule has 1 fully saturated rings. The summed E-state index contributed by atoms with van der Waals surface area (Å²) in [6, 6.07) is 12.8. The lowest BCUT2D eigenvalue weighted by Crippen LogP contribution is -2.44.